The molecule has 0 aromatic rings. The number of alkyl halides is 1. The van der Waals surface area contributed by atoms with Crippen LogP contribution in [0.3, 0.4) is 0 Å². The van der Waals surface area contributed by atoms with Crippen LogP contribution in [0.1, 0.15) is 13.3 Å². The second-order valence-corrected chi connectivity index (χ2v) is 2.43. The molecule has 1 N–H and O–H groups in total. The van der Waals surface area contributed by atoms with Crippen LogP contribution in [0.2, 0.25) is 0 Å². The predicted octanol–water partition coefficient (Wildman–Crippen LogP) is 1.24. The van der Waals surface area contributed by atoms with Crippen molar-refractivity contribution in [2.24, 2.45) is 0 Å². The van der Waals surface area contributed by atoms with Gasteiger partial charge >= 0.3 is 0 Å². The second kappa shape index (κ2) is 9.21. The Balaban J connectivity index is 2.65. The van der Waals surface area contributed by atoms with Crippen LogP contribution in [0.15, 0.2) is 0 Å². The minimum atomic E-state index is 0.674. The molecule has 0 saturated heterocycles. The van der Waals surface area contributed by atoms with Crippen molar-refractivity contribution in [1.82, 2.24) is 5.32 Å². The Morgan fingerprint density at radius 2 is 2.10 bits per heavy atom. The predicted molar refractivity (Wildman–Crippen MR) is 44.7 cm³/mol. The Bertz CT molecular complexity index is 53.6. The third kappa shape index (κ3) is 8.21. The summed E-state index contributed by atoms with van der Waals surface area (Å²) >= 11 is 5.44. The summed E-state index contributed by atoms with van der Waals surface area (Å²) in [5.41, 5.74) is 0. The Kier molecular flexibility index (Phi) is 9.40. The second-order valence-electron chi connectivity index (χ2n) is 2.05. The Labute approximate surface area is 67.9 Å². The molecular weight excluding hydrogens is 150 g/mol. The highest BCUT2D eigenvalue weighted by Gasteiger charge is 1.85. The van der Waals surface area contributed by atoms with Crippen molar-refractivity contribution in [2.75, 3.05) is 32.2 Å². The van der Waals surface area contributed by atoms with E-state index in [1.165, 1.54) is 0 Å². The summed E-state index contributed by atoms with van der Waals surface area (Å²) in [5, 5.41) is 3.14. The van der Waals surface area contributed by atoms with Crippen molar-refractivity contribution in [1.29, 1.82) is 0 Å². The topological polar surface area (TPSA) is 21.3 Å². The quantitative estimate of drug-likeness (QED) is 0.453. The first kappa shape index (κ1) is 10.2. The minimum Gasteiger partial charge on any atom is -0.380 e. The lowest BCUT2D eigenvalue weighted by Crippen LogP contribution is -2.21. The highest BCUT2D eigenvalue weighted by molar-refractivity contribution is 6.18. The van der Waals surface area contributed by atoms with Crippen molar-refractivity contribution in [3.63, 3.8) is 0 Å². The summed E-state index contributed by atoms with van der Waals surface area (Å²) in [6.07, 6.45) is 1.09. The zero-order valence-corrected chi connectivity index (χ0v) is 7.28. The first-order chi connectivity index (χ1) is 4.91. The molecule has 0 aromatic carbocycles. The number of hydrogen-bond acceptors (Lipinski definition) is 2. The number of hydrogen-bond donors (Lipinski definition) is 1. The molecule has 10 heavy (non-hydrogen) atoms. The molecule has 0 bridgehead atoms. The molecule has 0 fully saturated rings. The van der Waals surface area contributed by atoms with E-state index in [1.54, 1.807) is 0 Å². The molecule has 0 spiro atoms. The summed E-state index contributed by atoms with van der Waals surface area (Å²) < 4.78 is 5.22. The van der Waals surface area contributed by atoms with E-state index in [2.05, 4.69) is 12.2 Å². The highest BCUT2D eigenvalue weighted by Crippen LogP contribution is 1.78. The molecule has 0 unspecified atom stereocenters. The van der Waals surface area contributed by atoms with Crippen molar-refractivity contribution in [3.8, 4) is 0 Å². The van der Waals surface area contributed by atoms with E-state index in [0.29, 0.717) is 5.88 Å². The maximum absolute atomic E-state index is 5.44. The molecule has 0 radical (unpaired) electrons. The molecule has 0 aromatic heterocycles. The summed E-state index contributed by atoms with van der Waals surface area (Å²) in [6.45, 7) is 5.54. The third-order valence-electron chi connectivity index (χ3n) is 1.04. The molecule has 0 heterocycles. The highest BCUT2D eigenvalue weighted by atomic mass is 35.5. The van der Waals surface area contributed by atoms with Crippen molar-refractivity contribution < 1.29 is 4.74 Å². The zero-order valence-electron chi connectivity index (χ0n) is 6.53. The van der Waals surface area contributed by atoms with Gasteiger partial charge in [-0.25, -0.2) is 0 Å². The van der Waals surface area contributed by atoms with E-state index in [4.69, 9.17) is 16.3 Å². The van der Waals surface area contributed by atoms with Gasteiger partial charge in [0.1, 0.15) is 0 Å². The standard InChI is InChI=1S/C7H16ClNO/c1-2-6-10-7-5-9-4-3-8/h9H,2-7H2,1H3. The van der Waals surface area contributed by atoms with E-state index in [9.17, 15) is 0 Å². The van der Waals surface area contributed by atoms with Crippen molar-refractivity contribution in [3.05, 3.63) is 0 Å². The van der Waals surface area contributed by atoms with E-state index in [1.807, 2.05) is 0 Å². The van der Waals surface area contributed by atoms with Gasteiger partial charge in [0.05, 0.1) is 6.61 Å². The molecule has 0 aliphatic rings. The van der Waals surface area contributed by atoms with Gasteiger partial charge in [-0.1, -0.05) is 6.92 Å². The van der Waals surface area contributed by atoms with Crippen LogP contribution in [0, 0.1) is 0 Å². The molecule has 62 valence electrons. The lowest BCUT2D eigenvalue weighted by Gasteiger charge is -2.02. The van der Waals surface area contributed by atoms with Crippen molar-refractivity contribution >= 4 is 11.6 Å². The number of nitrogens with one attached hydrogen (secondary N) is 1. The number of ether oxygens (including phenoxy) is 1. The number of halogens is 1. The van der Waals surface area contributed by atoms with Crippen LogP contribution in [0.4, 0.5) is 0 Å². The monoisotopic (exact) mass is 165 g/mol. The lowest BCUT2D eigenvalue weighted by atomic mass is 10.5. The van der Waals surface area contributed by atoms with Gasteiger partial charge in [-0.05, 0) is 6.42 Å². The molecule has 3 heteroatoms. The fourth-order valence-electron chi connectivity index (χ4n) is 0.583. The SMILES string of the molecule is CCCOCCNCCCl. The molecule has 0 aliphatic heterocycles. The van der Waals surface area contributed by atoms with Crippen LogP contribution in [0.5, 0.6) is 0 Å². The Morgan fingerprint density at radius 1 is 1.30 bits per heavy atom. The largest absolute Gasteiger partial charge is 0.380 e. The maximum atomic E-state index is 5.44. The minimum absolute atomic E-state index is 0.674. The summed E-state index contributed by atoms with van der Waals surface area (Å²) in [6, 6.07) is 0. The van der Waals surface area contributed by atoms with Crippen LogP contribution in [0.25, 0.3) is 0 Å². The first-order valence-corrected chi connectivity index (χ1v) is 4.29. The van der Waals surface area contributed by atoms with Crippen molar-refractivity contribution in [2.45, 2.75) is 13.3 Å². The van der Waals surface area contributed by atoms with E-state index >= 15 is 0 Å². The van der Waals surface area contributed by atoms with Crippen LogP contribution in [-0.4, -0.2) is 32.2 Å². The maximum Gasteiger partial charge on any atom is 0.0590 e. The van der Waals surface area contributed by atoms with E-state index in [0.717, 1.165) is 32.7 Å². The number of rotatable bonds is 7. The summed E-state index contributed by atoms with van der Waals surface area (Å²) in [4.78, 5) is 0. The average Bonchev–Trinajstić information content (AvgIpc) is 1.97. The normalized spacial score (nSPS) is 10.2. The van der Waals surface area contributed by atoms with Gasteiger partial charge in [-0.2, -0.15) is 0 Å². The molecule has 2 nitrogen and oxygen atoms in total. The van der Waals surface area contributed by atoms with Gasteiger partial charge in [0.15, 0.2) is 0 Å². The summed E-state index contributed by atoms with van der Waals surface area (Å²) in [5.74, 6) is 0.674. The van der Waals surface area contributed by atoms with Gasteiger partial charge in [-0.3, -0.25) is 0 Å². The zero-order chi connectivity index (χ0) is 7.66. The van der Waals surface area contributed by atoms with E-state index < -0.39 is 0 Å². The third-order valence-corrected chi connectivity index (χ3v) is 1.23. The smallest absolute Gasteiger partial charge is 0.0590 e. The molecule has 0 atom stereocenters. The lowest BCUT2D eigenvalue weighted by molar-refractivity contribution is 0.137. The fourth-order valence-corrected chi connectivity index (χ4v) is 0.716. The molecule has 0 rings (SSSR count). The van der Waals surface area contributed by atoms with Gasteiger partial charge in [0, 0.05) is 25.6 Å². The average molecular weight is 166 g/mol. The van der Waals surface area contributed by atoms with Gasteiger partial charge in [-0.15, -0.1) is 11.6 Å². The molecule has 0 aliphatic carbocycles. The van der Waals surface area contributed by atoms with Gasteiger partial charge in [0.2, 0.25) is 0 Å². The fraction of sp³-hybridized carbons (Fsp3) is 1.00. The molecular formula is C7H16ClNO. The Morgan fingerprint density at radius 3 is 2.70 bits per heavy atom. The van der Waals surface area contributed by atoms with Gasteiger partial charge in [0.25, 0.3) is 0 Å². The van der Waals surface area contributed by atoms with E-state index in [-0.39, 0.29) is 0 Å². The van der Waals surface area contributed by atoms with Crippen LogP contribution in [-0.2, 0) is 4.74 Å². The van der Waals surface area contributed by atoms with Crippen LogP contribution < -0.4 is 5.32 Å². The molecule has 0 amide bonds. The van der Waals surface area contributed by atoms with Crippen LogP contribution >= 0.6 is 11.6 Å². The summed E-state index contributed by atoms with van der Waals surface area (Å²) in [7, 11) is 0. The Hall–Kier alpha value is 0.210. The van der Waals surface area contributed by atoms with Gasteiger partial charge < -0.3 is 10.1 Å². The molecule has 0 saturated carbocycles. The first-order valence-electron chi connectivity index (χ1n) is 3.76.